The molecule has 1 heterocycles. The molecule has 1 fully saturated rings. The summed E-state index contributed by atoms with van der Waals surface area (Å²) in [5.41, 5.74) is 0.119. The molecule has 1 aliphatic heterocycles. The second-order valence-corrected chi connectivity index (χ2v) is 12.7. The summed E-state index contributed by atoms with van der Waals surface area (Å²) >= 11 is 0. The summed E-state index contributed by atoms with van der Waals surface area (Å²) in [5.74, 6) is -0.877. The second kappa shape index (κ2) is 10.6. The number of alkyl halides is 1. The first kappa shape index (κ1) is 27.0. The van der Waals surface area contributed by atoms with Gasteiger partial charge in [0, 0.05) is 49.2 Å². The van der Waals surface area contributed by atoms with E-state index in [4.69, 9.17) is 0 Å². The van der Waals surface area contributed by atoms with Crippen molar-refractivity contribution in [3.05, 3.63) is 65.6 Å². The third-order valence-corrected chi connectivity index (χ3v) is 8.66. The summed E-state index contributed by atoms with van der Waals surface area (Å²) in [6.07, 6.45) is 2.44. The van der Waals surface area contributed by atoms with Crippen molar-refractivity contribution in [1.82, 2.24) is 9.62 Å². The highest BCUT2D eigenvalue weighted by atomic mass is 32.2. The van der Waals surface area contributed by atoms with E-state index in [0.29, 0.717) is 5.56 Å². The number of sulfonamides is 1. The van der Waals surface area contributed by atoms with Crippen molar-refractivity contribution >= 4 is 25.8 Å². The molecule has 0 spiro atoms. The largest absolute Gasteiger partial charge is 0.347 e. The Balaban J connectivity index is 1.78. The summed E-state index contributed by atoms with van der Waals surface area (Å²) in [6.45, 7) is 3.23. The molecule has 2 aromatic rings. The molecule has 2 aromatic carbocycles. The lowest BCUT2D eigenvalue weighted by Crippen LogP contribution is -2.53. The van der Waals surface area contributed by atoms with Crippen LogP contribution in [-0.4, -0.2) is 58.1 Å². The predicted octanol–water partition coefficient (Wildman–Crippen LogP) is 3.47. The van der Waals surface area contributed by atoms with Crippen LogP contribution in [-0.2, 0) is 31.1 Å². The Labute approximate surface area is 207 Å². The number of nitrogens with zero attached hydrogens (tertiary/aromatic N) is 1. The van der Waals surface area contributed by atoms with Crippen molar-refractivity contribution in [2.45, 2.75) is 49.7 Å². The first-order chi connectivity index (χ1) is 16.4. The first-order valence-corrected chi connectivity index (χ1v) is 14.8. The number of nitrogens with one attached hydrogen (secondary N) is 1. The number of amides is 1. The molecule has 190 valence electrons. The zero-order valence-corrected chi connectivity index (χ0v) is 21.7. The van der Waals surface area contributed by atoms with E-state index in [1.807, 2.05) is 43.3 Å². The third kappa shape index (κ3) is 6.56. The molecule has 1 saturated heterocycles. The van der Waals surface area contributed by atoms with Crippen LogP contribution in [0.4, 0.5) is 4.39 Å². The maximum Gasteiger partial charge on any atom is 0.258 e. The van der Waals surface area contributed by atoms with E-state index in [-0.39, 0.29) is 30.8 Å². The Hall–Kier alpha value is -2.56. The van der Waals surface area contributed by atoms with Crippen LogP contribution >= 0.6 is 0 Å². The van der Waals surface area contributed by atoms with Gasteiger partial charge >= 0.3 is 0 Å². The van der Waals surface area contributed by atoms with E-state index in [9.17, 15) is 21.6 Å². The monoisotopic (exact) mass is 522 g/mol. The molecule has 0 saturated carbocycles. The normalized spacial score (nSPS) is 17.8. The van der Waals surface area contributed by atoms with Gasteiger partial charge in [0.15, 0.2) is 15.5 Å². The zero-order valence-electron chi connectivity index (χ0n) is 20.1. The molecule has 10 heteroatoms. The van der Waals surface area contributed by atoms with Gasteiger partial charge in [-0.2, -0.15) is 4.31 Å². The Kier molecular flexibility index (Phi) is 8.18. The fourth-order valence-electron chi connectivity index (χ4n) is 3.96. The fraction of sp³-hybridized carbons (Fsp3) is 0.400. The first-order valence-electron chi connectivity index (χ1n) is 11.4. The van der Waals surface area contributed by atoms with Crippen molar-refractivity contribution in [3.63, 3.8) is 0 Å². The van der Waals surface area contributed by atoms with Gasteiger partial charge in [-0.3, -0.25) is 4.79 Å². The molecule has 3 rings (SSSR count). The van der Waals surface area contributed by atoms with Gasteiger partial charge in [0.25, 0.3) is 5.91 Å². The van der Waals surface area contributed by atoms with Crippen LogP contribution in [0.5, 0.6) is 0 Å². The average Bonchev–Trinajstić information content (AvgIpc) is 2.82. The quantitative estimate of drug-likeness (QED) is 0.572. The number of aryl methyl sites for hydroxylation is 1. The van der Waals surface area contributed by atoms with E-state index >= 15 is 4.39 Å². The lowest BCUT2D eigenvalue weighted by Gasteiger charge is -2.35. The lowest BCUT2D eigenvalue weighted by molar-refractivity contribution is -0.135. The third-order valence-electron chi connectivity index (χ3n) is 6.05. The molecule has 0 unspecified atom stereocenters. The van der Waals surface area contributed by atoms with Crippen molar-refractivity contribution < 1.29 is 26.0 Å². The van der Waals surface area contributed by atoms with Crippen LogP contribution in [0.3, 0.4) is 0 Å². The Morgan fingerprint density at radius 3 is 2.31 bits per heavy atom. The number of hydrogen-bond donors (Lipinski definition) is 1. The predicted molar refractivity (Wildman–Crippen MR) is 135 cm³/mol. The summed E-state index contributed by atoms with van der Waals surface area (Å²) in [6, 6.07) is 13.8. The minimum Gasteiger partial charge on any atom is -0.347 e. The molecule has 1 amide bonds. The highest BCUT2D eigenvalue weighted by Crippen LogP contribution is 2.34. The Morgan fingerprint density at radius 1 is 1.11 bits per heavy atom. The summed E-state index contributed by atoms with van der Waals surface area (Å²) < 4.78 is 66.3. The van der Waals surface area contributed by atoms with Gasteiger partial charge in [-0.15, -0.1) is 0 Å². The second-order valence-electron chi connectivity index (χ2n) is 8.84. The maximum absolute atomic E-state index is 15.4. The number of benzene rings is 2. The molecule has 1 atom stereocenters. The van der Waals surface area contributed by atoms with E-state index in [2.05, 4.69) is 5.32 Å². The molecular formula is C25H31FN2O5S2. The minimum atomic E-state index is -3.93. The van der Waals surface area contributed by atoms with E-state index in [1.54, 1.807) is 12.1 Å². The highest BCUT2D eigenvalue weighted by molar-refractivity contribution is 7.93. The fourth-order valence-corrected chi connectivity index (χ4v) is 6.11. The number of hydrogen-bond acceptors (Lipinski definition) is 5. The Morgan fingerprint density at radius 2 is 1.74 bits per heavy atom. The van der Waals surface area contributed by atoms with Gasteiger partial charge in [-0.25, -0.2) is 21.2 Å². The number of piperidine rings is 1. The molecule has 0 aliphatic carbocycles. The van der Waals surface area contributed by atoms with Gasteiger partial charge in [0.1, 0.15) is 0 Å². The van der Waals surface area contributed by atoms with Crippen LogP contribution in [0, 0.1) is 0 Å². The van der Waals surface area contributed by atoms with Gasteiger partial charge < -0.3 is 5.32 Å². The molecule has 1 N–H and O–H groups in total. The molecule has 35 heavy (non-hydrogen) atoms. The van der Waals surface area contributed by atoms with Crippen molar-refractivity contribution in [3.8, 4) is 11.1 Å². The molecular weight excluding hydrogens is 491 g/mol. The minimum absolute atomic E-state index is 0.149. The highest BCUT2D eigenvalue weighted by Gasteiger charge is 2.44. The number of halogens is 1. The number of carbonyl (C=O) groups is 1. The molecule has 0 radical (unpaired) electrons. The standard InChI is InChI=1S/C25H31FN2O5S2/c1-4-20-10-11-23(22(18-20)21-8-6-5-7-9-21)35(32,33)28-15-13-25(26,14-16-28)24(29)27-19(2)12-17-34(3,30)31/h5-12,17-19H,4,13-16H2,1-3H3,(H,27,29)/b17-12-/t19-/m1/s1. The number of sulfone groups is 1. The number of carbonyl (C=O) groups excluding carboxylic acids is 1. The van der Waals surface area contributed by atoms with Gasteiger partial charge in [-0.1, -0.05) is 49.4 Å². The average molecular weight is 523 g/mol. The summed E-state index contributed by atoms with van der Waals surface area (Å²) in [5, 5.41) is 3.41. The maximum atomic E-state index is 15.4. The zero-order chi connectivity index (χ0) is 25.9. The molecule has 1 aliphatic rings. The van der Waals surface area contributed by atoms with E-state index in [0.717, 1.165) is 29.2 Å². The van der Waals surface area contributed by atoms with Crippen LogP contribution < -0.4 is 5.32 Å². The van der Waals surface area contributed by atoms with Crippen LogP contribution in [0.15, 0.2) is 64.9 Å². The molecule has 0 bridgehead atoms. The molecule has 7 nitrogen and oxygen atoms in total. The topological polar surface area (TPSA) is 101 Å². The van der Waals surface area contributed by atoms with Crippen LogP contribution in [0.2, 0.25) is 0 Å². The molecule has 0 aromatic heterocycles. The van der Waals surface area contributed by atoms with Crippen LogP contribution in [0.25, 0.3) is 11.1 Å². The summed E-state index contributed by atoms with van der Waals surface area (Å²) in [4.78, 5) is 12.7. The number of rotatable bonds is 8. The van der Waals surface area contributed by atoms with Crippen LogP contribution in [0.1, 0.15) is 32.3 Å². The van der Waals surface area contributed by atoms with Crippen molar-refractivity contribution in [2.75, 3.05) is 19.3 Å². The van der Waals surface area contributed by atoms with Gasteiger partial charge in [0.2, 0.25) is 10.0 Å². The SMILES string of the molecule is CCc1ccc(S(=O)(=O)N2CCC(F)(C(=O)N[C@H](C)/C=C\S(C)(=O)=O)CC2)c(-c2ccccc2)c1. The van der Waals surface area contributed by atoms with Gasteiger partial charge in [-0.05, 0) is 36.6 Å². The summed E-state index contributed by atoms with van der Waals surface area (Å²) in [7, 11) is -7.30. The van der Waals surface area contributed by atoms with Crippen molar-refractivity contribution in [2.24, 2.45) is 0 Å². The lowest BCUT2D eigenvalue weighted by atomic mass is 9.93. The van der Waals surface area contributed by atoms with E-state index < -0.39 is 37.5 Å². The van der Waals surface area contributed by atoms with Gasteiger partial charge in [0.05, 0.1) is 4.90 Å². The smallest absolute Gasteiger partial charge is 0.258 e. The van der Waals surface area contributed by atoms with Crippen molar-refractivity contribution in [1.29, 1.82) is 0 Å². The Bertz CT molecular complexity index is 1300. The van der Waals surface area contributed by atoms with E-state index in [1.165, 1.54) is 17.3 Å².